The molecular weight excluding hydrogens is 416 g/mol. The third kappa shape index (κ3) is 3.55. The molecule has 2 aromatic carbocycles. The Morgan fingerprint density at radius 1 is 1.16 bits per heavy atom. The van der Waals surface area contributed by atoms with Gasteiger partial charge in [0.25, 0.3) is 5.56 Å². The molecule has 5 rings (SSSR count). The third-order valence-electron chi connectivity index (χ3n) is 5.80. The summed E-state index contributed by atoms with van der Waals surface area (Å²) in [6.45, 7) is 0.493. The smallest absolute Gasteiger partial charge is 0.334 e. The van der Waals surface area contributed by atoms with Crippen molar-refractivity contribution in [3.05, 3.63) is 92.3 Å². The van der Waals surface area contributed by atoms with E-state index in [9.17, 15) is 18.4 Å². The van der Waals surface area contributed by atoms with Crippen molar-refractivity contribution in [1.29, 1.82) is 0 Å². The van der Waals surface area contributed by atoms with Gasteiger partial charge in [0.1, 0.15) is 17.0 Å². The van der Waals surface area contributed by atoms with Crippen LogP contribution in [0, 0.1) is 11.6 Å². The Morgan fingerprint density at radius 2 is 2.00 bits per heavy atom. The van der Waals surface area contributed by atoms with Gasteiger partial charge in [0.2, 0.25) is 5.95 Å². The summed E-state index contributed by atoms with van der Waals surface area (Å²) in [7, 11) is 0. The number of halogens is 2. The van der Waals surface area contributed by atoms with Crippen LogP contribution in [0.1, 0.15) is 29.9 Å². The van der Waals surface area contributed by atoms with Crippen LogP contribution < -0.4 is 16.6 Å². The summed E-state index contributed by atoms with van der Waals surface area (Å²) < 4.78 is 28.5. The van der Waals surface area contributed by atoms with E-state index in [4.69, 9.17) is 0 Å². The first-order chi connectivity index (χ1) is 15.5. The van der Waals surface area contributed by atoms with E-state index in [2.05, 4.69) is 20.3 Å². The molecule has 0 aliphatic heterocycles. The van der Waals surface area contributed by atoms with Crippen LogP contribution in [0.25, 0.3) is 16.7 Å². The number of aromatic amines is 1. The minimum absolute atomic E-state index is 0.0836. The molecule has 162 valence electrons. The summed E-state index contributed by atoms with van der Waals surface area (Å²) in [5, 5.41) is 3.24. The molecule has 0 saturated carbocycles. The molecule has 4 aromatic rings. The summed E-state index contributed by atoms with van der Waals surface area (Å²) in [4.78, 5) is 36.4. The Labute approximate surface area is 180 Å². The molecule has 7 nitrogen and oxygen atoms in total. The van der Waals surface area contributed by atoms with Gasteiger partial charge in [-0.3, -0.25) is 9.78 Å². The van der Waals surface area contributed by atoms with E-state index < -0.39 is 17.1 Å². The average Bonchev–Trinajstić information content (AvgIpc) is 2.78. The van der Waals surface area contributed by atoms with Crippen LogP contribution in [0.15, 0.2) is 58.3 Å². The molecule has 1 aliphatic rings. The molecule has 0 amide bonds. The van der Waals surface area contributed by atoms with E-state index in [1.807, 2.05) is 6.07 Å². The number of nitrogens with one attached hydrogen (secondary N) is 2. The van der Waals surface area contributed by atoms with Gasteiger partial charge in [-0.25, -0.2) is 23.1 Å². The zero-order valence-electron chi connectivity index (χ0n) is 16.9. The fraction of sp³-hybridized carbons (Fsp3) is 0.217. The second-order valence-corrected chi connectivity index (χ2v) is 7.78. The van der Waals surface area contributed by atoms with Crippen molar-refractivity contribution < 1.29 is 8.78 Å². The van der Waals surface area contributed by atoms with Gasteiger partial charge >= 0.3 is 5.69 Å². The molecule has 0 fully saturated rings. The standard InChI is InChI=1S/C23H19F2N5O2/c24-14-5-2-6-15(10-14)30-21(31)18-12-27-22(28-20(18)29-23(30)32)26-11-13-4-1-8-17-16(13)7-3-9-19(17)25/h2-3,5-7,9-10,12-13H,1,4,8,11H2,(H2,26,27,28,29,32). The highest BCUT2D eigenvalue weighted by molar-refractivity contribution is 5.73. The van der Waals surface area contributed by atoms with Crippen molar-refractivity contribution in [2.45, 2.75) is 25.2 Å². The lowest BCUT2D eigenvalue weighted by Gasteiger charge is -2.26. The monoisotopic (exact) mass is 435 g/mol. The van der Waals surface area contributed by atoms with E-state index >= 15 is 0 Å². The van der Waals surface area contributed by atoms with Crippen molar-refractivity contribution in [1.82, 2.24) is 19.5 Å². The van der Waals surface area contributed by atoms with E-state index in [1.54, 1.807) is 6.07 Å². The summed E-state index contributed by atoms with van der Waals surface area (Å²) in [5.74, 6) is -0.386. The van der Waals surface area contributed by atoms with E-state index in [0.717, 1.165) is 41.0 Å². The lowest BCUT2D eigenvalue weighted by atomic mass is 9.82. The van der Waals surface area contributed by atoms with Crippen LogP contribution in [0.4, 0.5) is 14.7 Å². The van der Waals surface area contributed by atoms with E-state index in [0.29, 0.717) is 6.54 Å². The van der Waals surface area contributed by atoms with Crippen LogP contribution in [0.3, 0.4) is 0 Å². The molecule has 32 heavy (non-hydrogen) atoms. The van der Waals surface area contributed by atoms with Crippen LogP contribution in [0.2, 0.25) is 0 Å². The number of aromatic nitrogens is 4. The quantitative estimate of drug-likeness (QED) is 0.513. The fourth-order valence-electron chi connectivity index (χ4n) is 4.27. The molecule has 0 spiro atoms. The molecule has 2 aromatic heterocycles. The Balaban J connectivity index is 1.44. The predicted octanol–water partition coefficient (Wildman–Crippen LogP) is 3.28. The summed E-state index contributed by atoms with van der Waals surface area (Å²) in [6, 6.07) is 10.3. The van der Waals surface area contributed by atoms with Gasteiger partial charge in [-0.1, -0.05) is 18.2 Å². The highest BCUT2D eigenvalue weighted by Crippen LogP contribution is 2.33. The second-order valence-electron chi connectivity index (χ2n) is 7.78. The van der Waals surface area contributed by atoms with E-state index in [1.165, 1.54) is 30.5 Å². The van der Waals surface area contributed by atoms with Crippen molar-refractivity contribution >= 4 is 17.0 Å². The van der Waals surface area contributed by atoms with Crippen molar-refractivity contribution in [2.75, 3.05) is 11.9 Å². The number of hydrogen-bond donors (Lipinski definition) is 2. The zero-order valence-corrected chi connectivity index (χ0v) is 16.9. The zero-order chi connectivity index (χ0) is 22.2. The van der Waals surface area contributed by atoms with Crippen molar-refractivity contribution in [3.63, 3.8) is 0 Å². The normalized spacial score (nSPS) is 15.5. The third-order valence-corrected chi connectivity index (χ3v) is 5.80. The number of fused-ring (bicyclic) bond motifs is 2. The first-order valence-corrected chi connectivity index (χ1v) is 10.3. The lowest BCUT2D eigenvalue weighted by Crippen LogP contribution is -2.34. The van der Waals surface area contributed by atoms with Crippen molar-refractivity contribution in [3.8, 4) is 5.69 Å². The van der Waals surface area contributed by atoms with Gasteiger partial charge in [0.15, 0.2) is 5.65 Å². The first kappa shape index (κ1) is 20.0. The van der Waals surface area contributed by atoms with Crippen LogP contribution in [-0.4, -0.2) is 26.1 Å². The lowest BCUT2D eigenvalue weighted by molar-refractivity contribution is 0.532. The van der Waals surface area contributed by atoms with Gasteiger partial charge in [-0.2, -0.15) is 4.98 Å². The largest absolute Gasteiger partial charge is 0.354 e. The molecule has 2 N–H and O–H groups in total. The number of H-pyrrole nitrogens is 1. The summed E-state index contributed by atoms with van der Waals surface area (Å²) >= 11 is 0. The molecule has 1 atom stereocenters. The van der Waals surface area contributed by atoms with Crippen LogP contribution >= 0.6 is 0 Å². The fourth-order valence-corrected chi connectivity index (χ4v) is 4.27. The molecule has 0 bridgehead atoms. The summed E-state index contributed by atoms with van der Waals surface area (Å²) in [6.07, 6.45) is 3.86. The number of anilines is 1. The molecule has 9 heteroatoms. The van der Waals surface area contributed by atoms with Crippen molar-refractivity contribution in [2.24, 2.45) is 0 Å². The molecule has 0 saturated heterocycles. The number of nitrogens with zero attached hydrogens (tertiary/aromatic N) is 3. The second kappa shape index (κ2) is 7.99. The highest BCUT2D eigenvalue weighted by Gasteiger charge is 2.22. The maximum absolute atomic E-state index is 14.1. The SMILES string of the molecule is O=c1[nH]c2nc(NCC3CCCc4c(F)cccc43)ncc2c(=O)n1-c1cccc(F)c1. The molecule has 1 unspecified atom stereocenters. The van der Waals surface area contributed by atoms with Gasteiger partial charge in [-0.15, -0.1) is 0 Å². The average molecular weight is 435 g/mol. The predicted molar refractivity (Wildman–Crippen MR) is 116 cm³/mol. The van der Waals surface area contributed by atoms with Crippen LogP contribution in [0.5, 0.6) is 0 Å². The maximum atomic E-state index is 14.1. The van der Waals surface area contributed by atoms with Gasteiger partial charge in [0.05, 0.1) is 5.69 Å². The Bertz CT molecular complexity index is 1450. The Hall–Kier alpha value is -3.88. The number of rotatable bonds is 4. The van der Waals surface area contributed by atoms with Gasteiger partial charge in [-0.05, 0) is 54.7 Å². The minimum atomic E-state index is -0.727. The van der Waals surface area contributed by atoms with E-state index in [-0.39, 0.29) is 34.4 Å². The Morgan fingerprint density at radius 3 is 2.84 bits per heavy atom. The van der Waals surface area contributed by atoms with Gasteiger partial charge < -0.3 is 5.32 Å². The van der Waals surface area contributed by atoms with Crippen LogP contribution in [-0.2, 0) is 6.42 Å². The Kier molecular flexibility index (Phi) is 5.01. The first-order valence-electron chi connectivity index (χ1n) is 10.3. The topological polar surface area (TPSA) is 92.7 Å². The molecule has 1 aliphatic carbocycles. The molecule has 0 radical (unpaired) electrons. The minimum Gasteiger partial charge on any atom is -0.354 e. The highest BCUT2D eigenvalue weighted by atomic mass is 19.1. The maximum Gasteiger partial charge on any atom is 0.334 e. The van der Waals surface area contributed by atoms with Gasteiger partial charge in [0, 0.05) is 18.7 Å². The number of benzene rings is 2. The molecular formula is C23H19F2N5O2. The summed E-state index contributed by atoms with van der Waals surface area (Å²) in [5.41, 5.74) is 0.568. The number of hydrogen-bond acceptors (Lipinski definition) is 5. The molecule has 2 heterocycles.